The van der Waals surface area contributed by atoms with Crippen molar-refractivity contribution in [2.45, 2.75) is 19.8 Å². The average Bonchev–Trinajstić information content (AvgIpc) is 2.28. The summed E-state index contributed by atoms with van der Waals surface area (Å²) in [5.74, 6) is 0.276. The number of benzene rings is 1. The first kappa shape index (κ1) is 12.8. The second kappa shape index (κ2) is 6.33. The fourth-order valence-electron chi connectivity index (χ4n) is 1.41. The van der Waals surface area contributed by atoms with E-state index in [-0.39, 0.29) is 11.5 Å². The summed E-state index contributed by atoms with van der Waals surface area (Å²) in [6.07, 6.45) is 1.52. The van der Waals surface area contributed by atoms with E-state index >= 15 is 0 Å². The molecule has 4 heteroatoms. The molecule has 0 fully saturated rings. The van der Waals surface area contributed by atoms with E-state index < -0.39 is 0 Å². The lowest BCUT2D eigenvalue weighted by atomic mass is 10.1. The van der Waals surface area contributed by atoms with Gasteiger partial charge >= 0.3 is 0 Å². The van der Waals surface area contributed by atoms with Crippen molar-refractivity contribution in [1.29, 1.82) is 0 Å². The Morgan fingerprint density at radius 2 is 2.06 bits per heavy atom. The third-order valence-electron chi connectivity index (χ3n) is 2.31. The molecule has 0 aliphatic rings. The number of ether oxygens (including phenoxy) is 2. The molecule has 1 aromatic carbocycles. The highest BCUT2D eigenvalue weighted by Gasteiger charge is 2.07. The van der Waals surface area contributed by atoms with Crippen LogP contribution in [0.3, 0.4) is 0 Å². The van der Waals surface area contributed by atoms with E-state index in [0.717, 1.165) is 18.4 Å². The van der Waals surface area contributed by atoms with Crippen LogP contribution in [0.15, 0.2) is 12.1 Å². The van der Waals surface area contributed by atoms with Gasteiger partial charge in [0.15, 0.2) is 0 Å². The number of hydrogen-bond acceptors (Lipinski definition) is 3. The molecule has 0 saturated heterocycles. The topological polar surface area (TPSA) is 44.5 Å². The molecule has 0 aromatic heterocycles. The highest BCUT2D eigenvalue weighted by molar-refractivity contribution is 5.49. The van der Waals surface area contributed by atoms with Gasteiger partial charge in [-0.1, -0.05) is 6.92 Å². The molecule has 1 aromatic rings. The Morgan fingerprint density at radius 1 is 1.31 bits per heavy atom. The number of anilines is 1. The Hall–Kier alpha value is -1.29. The van der Waals surface area contributed by atoms with Crippen molar-refractivity contribution in [2.75, 3.05) is 26.1 Å². The van der Waals surface area contributed by atoms with Crippen LogP contribution in [0.4, 0.5) is 10.1 Å². The lowest BCUT2D eigenvalue weighted by Gasteiger charge is -2.11. The molecule has 0 aliphatic carbocycles. The summed E-state index contributed by atoms with van der Waals surface area (Å²) in [6.45, 7) is 3.15. The summed E-state index contributed by atoms with van der Waals surface area (Å²) in [5.41, 5.74) is 6.46. The van der Waals surface area contributed by atoms with Crippen molar-refractivity contribution in [3.8, 4) is 5.75 Å². The molecule has 90 valence electrons. The van der Waals surface area contributed by atoms with Crippen LogP contribution in [0.2, 0.25) is 0 Å². The van der Waals surface area contributed by atoms with Crippen LogP contribution in [-0.4, -0.2) is 20.3 Å². The number of rotatable bonds is 6. The fraction of sp³-hybridized carbons (Fsp3) is 0.500. The number of hydrogen-bond donors (Lipinski definition) is 1. The van der Waals surface area contributed by atoms with Gasteiger partial charge in [-0.2, -0.15) is 0 Å². The Labute approximate surface area is 95.4 Å². The van der Waals surface area contributed by atoms with E-state index in [2.05, 4.69) is 0 Å². The fourth-order valence-corrected chi connectivity index (χ4v) is 1.41. The molecule has 1 rings (SSSR count). The molecule has 16 heavy (non-hydrogen) atoms. The van der Waals surface area contributed by atoms with Gasteiger partial charge in [-0.25, -0.2) is 4.39 Å². The van der Waals surface area contributed by atoms with E-state index in [1.165, 1.54) is 6.07 Å². The number of nitrogen functional groups attached to an aromatic ring is 1. The zero-order valence-electron chi connectivity index (χ0n) is 9.75. The Bertz CT molecular complexity index is 342. The van der Waals surface area contributed by atoms with Crippen LogP contribution in [0.25, 0.3) is 0 Å². The van der Waals surface area contributed by atoms with Crippen molar-refractivity contribution < 1.29 is 13.9 Å². The molecule has 0 unspecified atom stereocenters. The maximum Gasteiger partial charge on any atom is 0.146 e. The van der Waals surface area contributed by atoms with E-state index in [1.54, 1.807) is 13.2 Å². The second-order valence-electron chi connectivity index (χ2n) is 3.53. The summed E-state index contributed by atoms with van der Waals surface area (Å²) in [6, 6.07) is 2.97. The number of nitrogens with two attached hydrogens (primary N) is 1. The van der Waals surface area contributed by atoms with Gasteiger partial charge in [0.2, 0.25) is 0 Å². The lowest BCUT2D eigenvalue weighted by molar-refractivity contribution is 0.172. The lowest BCUT2D eigenvalue weighted by Crippen LogP contribution is -2.04. The van der Waals surface area contributed by atoms with Gasteiger partial charge in [-0.3, -0.25) is 0 Å². The van der Waals surface area contributed by atoms with E-state index in [0.29, 0.717) is 19.0 Å². The molecule has 0 amide bonds. The maximum absolute atomic E-state index is 13.2. The van der Waals surface area contributed by atoms with Gasteiger partial charge < -0.3 is 15.2 Å². The minimum atomic E-state index is -0.388. The predicted molar refractivity (Wildman–Crippen MR) is 62.2 cm³/mol. The molecule has 0 aliphatic heterocycles. The van der Waals surface area contributed by atoms with Crippen LogP contribution in [0.5, 0.6) is 5.75 Å². The van der Waals surface area contributed by atoms with Crippen molar-refractivity contribution in [3.63, 3.8) is 0 Å². The Morgan fingerprint density at radius 3 is 2.69 bits per heavy atom. The minimum absolute atomic E-state index is 0.124. The number of halogens is 1. The van der Waals surface area contributed by atoms with E-state index in [9.17, 15) is 4.39 Å². The first-order chi connectivity index (χ1) is 7.69. The predicted octanol–water partition coefficient (Wildman–Crippen LogP) is 2.39. The van der Waals surface area contributed by atoms with Crippen LogP contribution >= 0.6 is 0 Å². The first-order valence-corrected chi connectivity index (χ1v) is 5.38. The average molecular weight is 227 g/mol. The summed E-state index contributed by atoms with van der Waals surface area (Å²) in [7, 11) is 1.65. The van der Waals surface area contributed by atoms with Crippen LogP contribution < -0.4 is 10.5 Å². The molecule has 0 heterocycles. The van der Waals surface area contributed by atoms with Gasteiger partial charge in [-0.05, 0) is 18.1 Å². The monoisotopic (exact) mass is 227 g/mol. The summed E-state index contributed by atoms with van der Waals surface area (Å²) in [5, 5.41) is 0. The molecular weight excluding hydrogens is 209 g/mol. The molecule has 0 atom stereocenters. The molecule has 0 saturated carbocycles. The third kappa shape index (κ3) is 3.38. The highest BCUT2D eigenvalue weighted by Crippen LogP contribution is 2.25. The normalized spacial score (nSPS) is 10.4. The van der Waals surface area contributed by atoms with Gasteiger partial charge in [0.05, 0.1) is 12.3 Å². The summed E-state index contributed by atoms with van der Waals surface area (Å²) < 4.78 is 23.6. The van der Waals surface area contributed by atoms with Crippen LogP contribution in [0, 0.1) is 5.82 Å². The van der Waals surface area contributed by atoms with E-state index in [4.69, 9.17) is 15.2 Å². The van der Waals surface area contributed by atoms with Gasteiger partial charge in [0.25, 0.3) is 0 Å². The Balaban J connectivity index is 2.66. The minimum Gasteiger partial charge on any atom is -0.493 e. The molecule has 0 bridgehead atoms. The number of methoxy groups -OCH3 is 1. The zero-order valence-corrected chi connectivity index (χ0v) is 9.75. The van der Waals surface area contributed by atoms with Crippen LogP contribution in [-0.2, 0) is 11.2 Å². The quantitative estimate of drug-likeness (QED) is 0.599. The van der Waals surface area contributed by atoms with Crippen LogP contribution in [0.1, 0.15) is 18.9 Å². The number of aryl methyl sites for hydroxylation is 1. The standard InChI is InChI=1S/C12H18FNO2/c1-3-9-7-10(13)11(14)8-12(9)16-6-4-5-15-2/h7-8H,3-6,14H2,1-2H3. The first-order valence-electron chi connectivity index (χ1n) is 5.38. The largest absolute Gasteiger partial charge is 0.493 e. The molecule has 2 N–H and O–H groups in total. The zero-order chi connectivity index (χ0) is 12.0. The van der Waals surface area contributed by atoms with Gasteiger partial charge in [-0.15, -0.1) is 0 Å². The maximum atomic E-state index is 13.2. The van der Waals surface area contributed by atoms with Crippen molar-refractivity contribution >= 4 is 5.69 Å². The molecular formula is C12H18FNO2. The Kier molecular flexibility index (Phi) is 5.05. The SMILES string of the molecule is CCc1cc(F)c(N)cc1OCCCOC. The summed E-state index contributed by atoms with van der Waals surface area (Å²) in [4.78, 5) is 0. The molecule has 0 radical (unpaired) electrons. The molecule has 0 spiro atoms. The van der Waals surface area contributed by atoms with Crippen molar-refractivity contribution in [3.05, 3.63) is 23.5 Å². The van der Waals surface area contributed by atoms with Crippen molar-refractivity contribution in [2.24, 2.45) is 0 Å². The van der Waals surface area contributed by atoms with E-state index in [1.807, 2.05) is 6.92 Å². The third-order valence-corrected chi connectivity index (χ3v) is 2.31. The smallest absolute Gasteiger partial charge is 0.146 e. The van der Waals surface area contributed by atoms with Gasteiger partial charge in [0.1, 0.15) is 11.6 Å². The highest BCUT2D eigenvalue weighted by atomic mass is 19.1. The summed E-state index contributed by atoms with van der Waals surface area (Å²) >= 11 is 0. The van der Waals surface area contributed by atoms with Gasteiger partial charge in [0, 0.05) is 26.2 Å². The second-order valence-corrected chi connectivity index (χ2v) is 3.53. The van der Waals surface area contributed by atoms with Crippen molar-refractivity contribution in [1.82, 2.24) is 0 Å². The molecule has 3 nitrogen and oxygen atoms in total.